The SMILES string of the molecule is Cc1nc(-c2ccc(S(=O)(=O)NC3CCCNC3C)s2)cs1. The average Bonchev–Trinajstić information content (AvgIpc) is 3.10. The highest BCUT2D eigenvalue weighted by Crippen LogP contribution is 2.31. The second-order valence-electron chi connectivity index (χ2n) is 5.48. The van der Waals surface area contributed by atoms with Crippen molar-refractivity contribution in [1.82, 2.24) is 15.0 Å². The molecule has 2 N–H and O–H groups in total. The minimum absolute atomic E-state index is 0.0502. The Labute approximate surface area is 138 Å². The van der Waals surface area contributed by atoms with Crippen LogP contribution in [0.3, 0.4) is 0 Å². The standard InChI is InChI=1S/C14H19N3O2S3/c1-9-11(4-3-7-15-9)17-22(18,19)14-6-5-13(21-14)12-8-20-10(2)16-12/h5-6,8-9,11,15,17H,3-4,7H2,1-2H3. The highest BCUT2D eigenvalue weighted by atomic mass is 32.2. The van der Waals surface area contributed by atoms with Crippen LogP contribution in [0, 0.1) is 6.92 Å². The summed E-state index contributed by atoms with van der Waals surface area (Å²) in [6, 6.07) is 3.60. The Morgan fingerprint density at radius 2 is 2.23 bits per heavy atom. The first-order chi connectivity index (χ1) is 10.5. The van der Waals surface area contributed by atoms with E-state index in [0.29, 0.717) is 4.21 Å². The summed E-state index contributed by atoms with van der Waals surface area (Å²) in [7, 11) is -3.47. The van der Waals surface area contributed by atoms with Gasteiger partial charge in [-0.15, -0.1) is 22.7 Å². The number of hydrogen-bond donors (Lipinski definition) is 2. The van der Waals surface area contributed by atoms with E-state index in [-0.39, 0.29) is 12.1 Å². The minimum atomic E-state index is -3.47. The monoisotopic (exact) mass is 357 g/mol. The van der Waals surface area contributed by atoms with Gasteiger partial charge in [0, 0.05) is 17.5 Å². The van der Waals surface area contributed by atoms with Crippen molar-refractivity contribution in [3.05, 3.63) is 22.5 Å². The fourth-order valence-corrected chi connectivity index (χ4v) is 5.86. The summed E-state index contributed by atoms with van der Waals surface area (Å²) in [4.78, 5) is 5.30. The zero-order chi connectivity index (χ0) is 15.7. The van der Waals surface area contributed by atoms with Crippen LogP contribution in [-0.2, 0) is 10.0 Å². The molecule has 1 saturated heterocycles. The van der Waals surface area contributed by atoms with Gasteiger partial charge in [-0.2, -0.15) is 0 Å². The zero-order valence-electron chi connectivity index (χ0n) is 12.5. The Kier molecular flexibility index (Phi) is 4.65. The van der Waals surface area contributed by atoms with Gasteiger partial charge in [-0.3, -0.25) is 0 Å². The number of sulfonamides is 1. The van der Waals surface area contributed by atoms with Gasteiger partial charge in [0.25, 0.3) is 0 Å². The first-order valence-corrected chi connectivity index (χ1v) is 10.4. The molecule has 22 heavy (non-hydrogen) atoms. The van der Waals surface area contributed by atoms with E-state index in [1.165, 1.54) is 11.3 Å². The van der Waals surface area contributed by atoms with Gasteiger partial charge >= 0.3 is 0 Å². The van der Waals surface area contributed by atoms with Crippen molar-refractivity contribution in [3.8, 4) is 10.6 Å². The first-order valence-electron chi connectivity index (χ1n) is 7.24. The van der Waals surface area contributed by atoms with Crippen LogP contribution in [0.2, 0.25) is 0 Å². The highest BCUT2D eigenvalue weighted by Gasteiger charge is 2.27. The zero-order valence-corrected chi connectivity index (χ0v) is 14.9. The molecule has 0 aliphatic carbocycles. The van der Waals surface area contributed by atoms with E-state index < -0.39 is 10.0 Å². The molecule has 0 saturated carbocycles. The molecule has 0 amide bonds. The molecule has 0 bridgehead atoms. The smallest absolute Gasteiger partial charge is 0.250 e. The van der Waals surface area contributed by atoms with Gasteiger partial charge in [0.1, 0.15) is 4.21 Å². The lowest BCUT2D eigenvalue weighted by Crippen LogP contribution is -2.51. The van der Waals surface area contributed by atoms with E-state index in [2.05, 4.69) is 15.0 Å². The van der Waals surface area contributed by atoms with Crippen molar-refractivity contribution < 1.29 is 8.42 Å². The second-order valence-corrected chi connectivity index (χ2v) is 9.57. The normalized spacial score (nSPS) is 22.8. The van der Waals surface area contributed by atoms with E-state index in [4.69, 9.17) is 0 Å². The van der Waals surface area contributed by atoms with E-state index >= 15 is 0 Å². The number of aryl methyl sites for hydroxylation is 1. The van der Waals surface area contributed by atoms with E-state index in [1.807, 2.05) is 25.3 Å². The number of thiazole rings is 1. The van der Waals surface area contributed by atoms with Crippen LogP contribution in [0.15, 0.2) is 21.7 Å². The third kappa shape index (κ3) is 3.41. The molecule has 8 heteroatoms. The number of nitrogens with one attached hydrogen (secondary N) is 2. The van der Waals surface area contributed by atoms with Crippen LogP contribution in [-0.4, -0.2) is 32.0 Å². The molecule has 3 heterocycles. The van der Waals surface area contributed by atoms with Gasteiger partial charge < -0.3 is 5.32 Å². The average molecular weight is 358 g/mol. The molecule has 2 unspecified atom stereocenters. The van der Waals surface area contributed by atoms with Crippen molar-refractivity contribution in [2.45, 2.75) is 43.0 Å². The predicted octanol–water partition coefficient (Wildman–Crippen LogP) is 2.60. The summed E-state index contributed by atoms with van der Waals surface area (Å²) >= 11 is 2.84. The maximum absolute atomic E-state index is 12.5. The number of hydrogen-bond acceptors (Lipinski definition) is 6. The largest absolute Gasteiger partial charge is 0.313 e. The van der Waals surface area contributed by atoms with Crippen LogP contribution < -0.4 is 10.0 Å². The molecular weight excluding hydrogens is 338 g/mol. The summed E-state index contributed by atoms with van der Waals surface area (Å²) in [6.45, 7) is 4.91. The third-order valence-corrected chi connectivity index (χ3v) is 7.65. The van der Waals surface area contributed by atoms with Gasteiger partial charge in [-0.25, -0.2) is 18.1 Å². The molecule has 0 radical (unpaired) electrons. The molecule has 1 aliphatic heterocycles. The van der Waals surface area contributed by atoms with E-state index in [9.17, 15) is 8.42 Å². The van der Waals surface area contributed by atoms with Crippen LogP contribution >= 0.6 is 22.7 Å². The molecule has 1 fully saturated rings. The summed E-state index contributed by atoms with van der Waals surface area (Å²) in [5, 5.41) is 6.24. The summed E-state index contributed by atoms with van der Waals surface area (Å²) < 4.78 is 28.3. The molecule has 1 aliphatic rings. The summed E-state index contributed by atoms with van der Waals surface area (Å²) in [5.74, 6) is 0. The fourth-order valence-electron chi connectivity index (χ4n) is 2.54. The lowest BCUT2D eigenvalue weighted by atomic mass is 10.0. The quantitative estimate of drug-likeness (QED) is 0.882. The molecule has 2 aromatic rings. The fraction of sp³-hybridized carbons (Fsp3) is 0.500. The maximum Gasteiger partial charge on any atom is 0.250 e. The Balaban J connectivity index is 1.79. The molecular formula is C14H19N3O2S3. The Hall–Kier alpha value is -0.800. The van der Waals surface area contributed by atoms with Crippen LogP contribution in [0.1, 0.15) is 24.8 Å². The lowest BCUT2D eigenvalue weighted by Gasteiger charge is -2.30. The van der Waals surface area contributed by atoms with Crippen molar-refractivity contribution in [3.63, 3.8) is 0 Å². The Morgan fingerprint density at radius 3 is 2.91 bits per heavy atom. The third-order valence-electron chi connectivity index (χ3n) is 3.79. The van der Waals surface area contributed by atoms with Crippen molar-refractivity contribution >= 4 is 32.7 Å². The number of nitrogens with zero attached hydrogens (tertiary/aromatic N) is 1. The molecule has 120 valence electrons. The van der Waals surface area contributed by atoms with Gasteiger partial charge in [0.15, 0.2) is 0 Å². The van der Waals surface area contributed by atoms with Gasteiger partial charge in [-0.05, 0) is 45.4 Å². The highest BCUT2D eigenvalue weighted by molar-refractivity contribution is 7.91. The number of rotatable bonds is 4. The minimum Gasteiger partial charge on any atom is -0.313 e. The Bertz CT molecular complexity index is 751. The molecule has 0 spiro atoms. The topological polar surface area (TPSA) is 71.1 Å². The van der Waals surface area contributed by atoms with Crippen molar-refractivity contribution in [2.24, 2.45) is 0 Å². The first kappa shape index (κ1) is 16.1. The number of thiophene rings is 1. The molecule has 3 rings (SSSR count). The van der Waals surface area contributed by atoms with Crippen LogP contribution in [0.5, 0.6) is 0 Å². The van der Waals surface area contributed by atoms with E-state index in [0.717, 1.165) is 35.0 Å². The summed E-state index contributed by atoms with van der Waals surface area (Å²) in [6.07, 6.45) is 1.86. The second kappa shape index (κ2) is 6.37. The number of aromatic nitrogens is 1. The summed E-state index contributed by atoms with van der Waals surface area (Å²) in [5.41, 5.74) is 0.849. The molecule has 0 aromatic carbocycles. The molecule has 2 aromatic heterocycles. The van der Waals surface area contributed by atoms with Crippen molar-refractivity contribution in [2.75, 3.05) is 6.54 Å². The molecule has 5 nitrogen and oxygen atoms in total. The lowest BCUT2D eigenvalue weighted by molar-refractivity contribution is 0.349. The van der Waals surface area contributed by atoms with Gasteiger partial charge in [0.05, 0.1) is 15.6 Å². The number of piperidine rings is 1. The van der Waals surface area contributed by atoms with E-state index in [1.54, 1.807) is 17.4 Å². The van der Waals surface area contributed by atoms with Gasteiger partial charge in [-0.1, -0.05) is 0 Å². The molecule has 2 atom stereocenters. The van der Waals surface area contributed by atoms with Crippen LogP contribution in [0.4, 0.5) is 0 Å². The maximum atomic E-state index is 12.5. The Morgan fingerprint density at radius 1 is 1.41 bits per heavy atom. The van der Waals surface area contributed by atoms with Crippen molar-refractivity contribution in [1.29, 1.82) is 0 Å². The van der Waals surface area contributed by atoms with Gasteiger partial charge in [0.2, 0.25) is 10.0 Å². The van der Waals surface area contributed by atoms with Crippen LogP contribution in [0.25, 0.3) is 10.6 Å². The predicted molar refractivity (Wildman–Crippen MR) is 91.0 cm³/mol.